The Balaban J connectivity index is 2.00. The molecule has 22 heavy (non-hydrogen) atoms. The van der Waals surface area contributed by atoms with E-state index in [2.05, 4.69) is 68.4 Å². The Hall–Kier alpha value is -1.65. The van der Waals surface area contributed by atoms with Gasteiger partial charge in [0.2, 0.25) is 0 Å². The van der Waals surface area contributed by atoms with E-state index in [1.54, 1.807) is 0 Å². The van der Waals surface area contributed by atoms with Gasteiger partial charge in [0.05, 0.1) is 0 Å². The minimum absolute atomic E-state index is 0.781. The van der Waals surface area contributed by atoms with Gasteiger partial charge >= 0.3 is 0 Å². The molecule has 0 bridgehead atoms. The van der Waals surface area contributed by atoms with Gasteiger partial charge in [0.25, 0.3) is 0 Å². The molecule has 0 aliphatic rings. The summed E-state index contributed by atoms with van der Waals surface area (Å²) in [6.45, 7) is 4.67. The predicted octanol–water partition coefficient (Wildman–Crippen LogP) is 6.08. The highest BCUT2D eigenvalue weighted by molar-refractivity contribution is 7.48. The summed E-state index contributed by atoms with van der Waals surface area (Å²) < 4.78 is 0. The van der Waals surface area contributed by atoms with E-state index < -0.39 is 0 Å². The number of hydrogen-bond donors (Lipinski definition) is 0. The van der Waals surface area contributed by atoms with Crippen LogP contribution in [-0.2, 0) is 0 Å². The van der Waals surface area contributed by atoms with Crippen LogP contribution in [0.5, 0.6) is 0 Å². The molecule has 0 saturated carbocycles. The van der Waals surface area contributed by atoms with Gasteiger partial charge in [0.1, 0.15) is 0 Å². The van der Waals surface area contributed by atoms with Crippen molar-refractivity contribution in [1.29, 1.82) is 0 Å². The molecule has 2 unspecified atom stereocenters. The minimum atomic E-state index is 0.781. The Morgan fingerprint density at radius 3 is 2.18 bits per heavy atom. The average Bonchev–Trinajstić information content (AvgIpc) is 2.54. The van der Waals surface area contributed by atoms with Crippen LogP contribution >= 0.6 is 8.58 Å². The first-order valence-electron chi connectivity index (χ1n) is 8.21. The largest absolute Gasteiger partial charge is 0.0868 e. The highest BCUT2D eigenvalue weighted by Gasteiger charge is 2.12. The maximum atomic E-state index is 2.39. The second kappa shape index (κ2) is 5.52. The van der Waals surface area contributed by atoms with E-state index in [4.69, 9.17) is 0 Å². The van der Waals surface area contributed by atoms with Crippen LogP contribution in [0, 0.1) is 0 Å². The normalized spacial score (nSPS) is 13.9. The van der Waals surface area contributed by atoms with E-state index in [-0.39, 0.29) is 0 Å². The zero-order valence-corrected chi connectivity index (χ0v) is 14.2. The van der Waals surface area contributed by atoms with Gasteiger partial charge in [-0.15, -0.1) is 0 Å². The second-order valence-electron chi connectivity index (χ2n) is 6.30. The van der Waals surface area contributed by atoms with E-state index in [9.17, 15) is 0 Å². The first-order valence-corrected chi connectivity index (χ1v) is 9.28. The van der Waals surface area contributed by atoms with Gasteiger partial charge < -0.3 is 0 Å². The molecule has 0 nitrogen and oxygen atoms in total. The third-order valence-corrected chi connectivity index (χ3v) is 6.18. The van der Waals surface area contributed by atoms with E-state index in [0.29, 0.717) is 0 Å². The van der Waals surface area contributed by atoms with Crippen LogP contribution in [0.4, 0.5) is 0 Å². The lowest BCUT2D eigenvalue weighted by atomic mass is 9.94. The molecule has 2 atom stereocenters. The summed E-state index contributed by atoms with van der Waals surface area (Å²) >= 11 is 0. The predicted molar refractivity (Wildman–Crippen MR) is 102 cm³/mol. The fraction of sp³-hybridized carbons (Fsp3) is 0.238. The highest BCUT2D eigenvalue weighted by atomic mass is 31.1. The van der Waals surface area contributed by atoms with Gasteiger partial charge in [-0.2, -0.15) is 0 Å². The highest BCUT2D eigenvalue weighted by Crippen LogP contribution is 2.36. The molecular formula is C21H21P. The van der Waals surface area contributed by atoms with Crippen LogP contribution in [0.25, 0.3) is 32.3 Å². The summed E-state index contributed by atoms with van der Waals surface area (Å²) in [5.74, 6) is 0. The van der Waals surface area contributed by atoms with Gasteiger partial charge in [0.15, 0.2) is 0 Å². The molecule has 0 aliphatic carbocycles. The van der Waals surface area contributed by atoms with E-state index in [1.807, 2.05) is 0 Å². The molecule has 0 fully saturated rings. The van der Waals surface area contributed by atoms with Crippen molar-refractivity contribution in [2.45, 2.75) is 32.3 Å². The molecule has 0 aromatic heterocycles. The van der Waals surface area contributed by atoms with E-state index >= 15 is 0 Å². The SMILES string of the molecule is CCCC(C)Pc1ccc2ccc3cccc4ccc1c2c34. The zero-order valence-electron chi connectivity index (χ0n) is 13.2. The van der Waals surface area contributed by atoms with Crippen LogP contribution < -0.4 is 5.30 Å². The van der Waals surface area contributed by atoms with Gasteiger partial charge in [-0.25, -0.2) is 0 Å². The third kappa shape index (κ3) is 2.18. The molecule has 4 rings (SSSR count). The molecule has 0 radical (unpaired) electrons. The molecule has 0 saturated heterocycles. The lowest BCUT2D eigenvalue weighted by Crippen LogP contribution is -2.04. The lowest BCUT2D eigenvalue weighted by Gasteiger charge is -2.16. The monoisotopic (exact) mass is 304 g/mol. The lowest BCUT2D eigenvalue weighted by molar-refractivity contribution is 0.785. The van der Waals surface area contributed by atoms with E-state index in [0.717, 1.165) is 14.2 Å². The topological polar surface area (TPSA) is 0 Å². The van der Waals surface area contributed by atoms with E-state index in [1.165, 1.54) is 50.5 Å². The molecule has 4 aromatic rings. The first-order chi connectivity index (χ1) is 10.8. The number of rotatable bonds is 4. The summed E-state index contributed by atoms with van der Waals surface area (Å²) in [7, 11) is 0.903. The smallest absolute Gasteiger partial charge is 0.00205 e. The van der Waals surface area contributed by atoms with Gasteiger partial charge in [-0.1, -0.05) is 83.4 Å². The van der Waals surface area contributed by atoms with Crippen molar-refractivity contribution < 1.29 is 0 Å². The summed E-state index contributed by atoms with van der Waals surface area (Å²) in [5.41, 5.74) is 0.781. The van der Waals surface area contributed by atoms with Gasteiger partial charge in [-0.05, 0) is 49.7 Å². The minimum Gasteiger partial charge on any atom is -0.0868 e. The maximum Gasteiger partial charge on any atom is -0.00205 e. The molecule has 4 aromatic carbocycles. The van der Waals surface area contributed by atoms with Crippen LogP contribution in [0.2, 0.25) is 0 Å². The summed E-state index contributed by atoms with van der Waals surface area (Å²) in [6.07, 6.45) is 2.60. The Morgan fingerprint density at radius 2 is 1.45 bits per heavy atom. The molecule has 0 heterocycles. The van der Waals surface area contributed by atoms with Crippen LogP contribution in [0.3, 0.4) is 0 Å². The third-order valence-electron chi connectivity index (χ3n) is 4.65. The molecule has 0 aliphatic heterocycles. The average molecular weight is 304 g/mol. The van der Waals surface area contributed by atoms with Crippen LogP contribution in [0.15, 0.2) is 54.6 Å². The fourth-order valence-electron chi connectivity index (χ4n) is 3.63. The zero-order chi connectivity index (χ0) is 15.1. The Bertz CT molecular complexity index is 923. The Morgan fingerprint density at radius 1 is 0.818 bits per heavy atom. The Labute approximate surface area is 133 Å². The van der Waals surface area contributed by atoms with Crippen LogP contribution in [0.1, 0.15) is 26.7 Å². The molecular weight excluding hydrogens is 283 g/mol. The second-order valence-corrected chi connectivity index (χ2v) is 8.12. The van der Waals surface area contributed by atoms with Crippen molar-refractivity contribution in [3.63, 3.8) is 0 Å². The van der Waals surface area contributed by atoms with Crippen molar-refractivity contribution >= 4 is 46.2 Å². The summed E-state index contributed by atoms with van der Waals surface area (Å²) in [6, 6.07) is 20.5. The quantitative estimate of drug-likeness (QED) is 0.317. The molecule has 110 valence electrons. The standard InChI is InChI=1S/C21H21P/c1-3-5-14(2)22-19-13-11-17-9-8-15-6-4-7-16-10-12-18(19)21(17)20(15)16/h4,6-14,22H,3,5H2,1-2H3. The molecule has 0 spiro atoms. The van der Waals surface area contributed by atoms with Crippen molar-refractivity contribution in [3.05, 3.63) is 54.6 Å². The number of hydrogen-bond acceptors (Lipinski definition) is 0. The van der Waals surface area contributed by atoms with Crippen molar-refractivity contribution in [2.24, 2.45) is 0 Å². The maximum absolute atomic E-state index is 2.39. The molecule has 1 heteroatoms. The van der Waals surface area contributed by atoms with Gasteiger partial charge in [0, 0.05) is 0 Å². The van der Waals surface area contributed by atoms with Gasteiger partial charge in [-0.3, -0.25) is 0 Å². The van der Waals surface area contributed by atoms with Crippen molar-refractivity contribution in [2.75, 3.05) is 0 Å². The molecule has 0 N–H and O–H groups in total. The summed E-state index contributed by atoms with van der Waals surface area (Å²) in [5, 5.41) is 9.98. The summed E-state index contributed by atoms with van der Waals surface area (Å²) in [4.78, 5) is 0. The number of benzene rings is 4. The first kappa shape index (κ1) is 14.0. The molecule has 0 amide bonds. The van der Waals surface area contributed by atoms with Crippen molar-refractivity contribution in [1.82, 2.24) is 0 Å². The fourth-order valence-corrected chi connectivity index (χ4v) is 5.14. The Kier molecular flexibility index (Phi) is 3.51. The van der Waals surface area contributed by atoms with Crippen molar-refractivity contribution in [3.8, 4) is 0 Å². The van der Waals surface area contributed by atoms with Crippen LogP contribution in [-0.4, -0.2) is 5.66 Å².